The number of halogens is 4. The van der Waals surface area contributed by atoms with Crippen molar-refractivity contribution in [2.45, 2.75) is 42.6 Å². The summed E-state index contributed by atoms with van der Waals surface area (Å²) in [5.41, 5.74) is 5.39. The zero-order chi connectivity index (χ0) is 13.3. The zero-order valence-electron chi connectivity index (χ0n) is 10.4. The van der Waals surface area contributed by atoms with Gasteiger partial charge in [-0.15, -0.1) is 24.2 Å². The van der Waals surface area contributed by atoms with E-state index in [4.69, 9.17) is 5.73 Å². The summed E-state index contributed by atoms with van der Waals surface area (Å²) in [6.45, 7) is 5.86. The van der Waals surface area contributed by atoms with E-state index in [1.54, 1.807) is 18.2 Å². The average molecular weight is 300 g/mol. The van der Waals surface area contributed by atoms with Crippen LogP contribution >= 0.6 is 24.2 Å². The van der Waals surface area contributed by atoms with Gasteiger partial charge in [-0.3, -0.25) is 0 Å². The number of alkyl halides is 3. The topological polar surface area (TPSA) is 26.0 Å². The Morgan fingerprint density at radius 1 is 1.11 bits per heavy atom. The summed E-state index contributed by atoms with van der Waals surface area (Å²) in [7, 11) is 0. The molecule has 0 unspecified atom stereocenters. The third-order valence-electron chi connectivity index (χ3n) is 2.02. The van der Waals surface area contributed by atoms with Gasteiger partial charge in [-0.1, -0.05) is 39.0 Å². The van der Waals surface area contributed by atoms with Gasteiger partial charge >= 0.3 is 6.18 Å². The summed E-state index contributed by atoms with van der Waals surface area (Å²) in [5, 5.41) is 0. The van der Waals surface area contributed by atoms with Crippen LogP contribution < -0.4 is 5.73 Å². The van der Waals surface area contributed by atoms with Crippen molar-refractivity contribution < 1.29 is 13.2 Å². The number of thioether (sulfide) groups is 1. The maximum atomic E-state index is 12.6. The summed E-state index contributed by atoms with van der Waals surface area (Å²) in [6, 6.07) is 4.49. The minimum absolute atomic E-state index is 0. The molecule has 0 heterocycles. The molecule has 1 atom stereocenters. The summed E-state index contributed by atoms with van der Waals surface area (Å²) in [6.07, 6.45) is -4.41. The van der Waals surface area contributed by atoms with E-state index < -0.39 is 12.2 Å². The van der Waals surface area contributed by atoms with E-state index in [1.165, 1.54) is 17.8 Å². The van der Waals surface area contributed by atoms with Crippen molar-refractivity contribution in [3.63, 3.8) is 0 Å². The highest BCUT2D eigenvalue weighted by atomic mass is 35.5. The van der Waals surface area contributed by atoms with Crippen molar-refractivity contribution in [1.82, 2.24) is 0 Å². The van der Waals surface area contributed by atoms with E-state index in [-0.39, 0.29) is 22.7 Å². The molecule has 6 heteroatoms. The highest BCUT2D eigenvalue weighted by Crippen LogP contribution is 2.39. The number of hydrogen-bond donors (Lipinski definition) is 1. The molecule has 2 N–H and O–H groups in total. The van der Waals surface area contributed by atoms with Crippen LogP contribution in [0.5, 0.6) is 0 Å². The molecule has 0 aliphatic carbocycles. The van der Waals surface area contributed by atoms with Gasteiger partial charge in [0.2, 0.25) is 0 Å². The lowest BCUT2D eigenvalue weighted by Crippen LogP contribution is -2.29. The highest BCUT2D eigenvalue weighted by molar-refractivity contribution is 8.00. The van der Waals surface area contributed by atoms with Gasteiger partial charge in [-0.05, 0) is 11.6 Å². The highest BCUT2D eigenvalue weighted by Gasteiger charge is 2.39. The Bertz CT molecular complexity index is 388. The molecule has 1 rings (SSSR count). The summed E-state index contributed by atoms with van der Waals surface area (Å²) >= 11 is 1.39. The second-order valence-corrected chi connectivity index (χ2v) is 6.64. The number of nitrogens with two attached hydrogens (primary N) is 1. The van der Waals surface area contributed by atoms with Crippen LogP contribution in [0.1, 0.15) is 32.4 Å². The standard InChI is InChI=1S/C12H16F3NS.ClH/c1-11(2,3)17-9-7-5-4-6-8(9)10(16)12(13,14)15;/h4-7,10H,16H2,1-3H3;1H/t10-;/m1./s1. The molecular weight excluding hydrogens is 283 g/mol. The molecule has 18 heavy (non-hydrogen) atoms. The minimum atomic E-state index is -4.41. The fourth-order valence-electron chi connectivity index (χ4n) is 1.34. The number of rotatable bonds is 2. The summed E-state index contributed by atoms with van der Waals surface area (Å²) in [4.78, 5) is 0.588. The first-order valence-electron chi connectivity index (χ1n) is 5.21. The van der Waals surface area contributed by atoms with Gasteiger partial charge < -0.3 is 5.73 Å². The van der Waals surface area contributed by atoms with Crippen LogP contribution in [0.25, 0.3) is 0 Å². The van der Waals surface area contributed by atoms with Gasteiger partial charge in [0, 0.05) is 9.64 Å². The van der Waals surface area contributed by atoms with Gasteiger partial charge in [0.1, 0.15) is 6.04 Å². The normalized spacial score (nSPS) is 13.9. The zero-order valence-corrected chi connectivity index (χ0v) is 12.0. The molecule has 0 aromatic heterocycles. The molecule has 0 saturated carbocycles. The van der Waals surface area contributed by atoms with Crippen molar-refractivity contribution >= 4 is 24.2 Å². The molecule has 1 aromatic rings. The summed E-state index contributed by atoms with van der Waals surface area (Å²) < 4.78 is 37.7. The molecule has 0 aliphatic heterocycles. The van der Waals surface area contributed by atoms with Gasteiger partial charge in [-0.25, -0.2) is 0 Å². The van der Waals surface area contributed by atoms with E-state index in [0.29, 0.717) is 4.90 Å². The lowest BCUT2D eigenvalue weighted by molar-refractivity contribution is -0.149. The van der Waals surface area contributed by atoms with Crippen molar-refractivity contribution in [2.75, 3.05) is 0 Å². The quantitative estimate of drug-likeness (QED) is 0.810. The lowest BCUT2D eigenvalue weighted by Gasteiger charge is -2.23. The maximum absolute atomic E-state index is 12.6. The van der Waals surface area contributed by atoms with Crippen LogP contribution in [0.4, 0.5) is 13.2 Å². The molecule has 1 nitrogen and oxygen atoms in total. The fourth-order valence-corrected chi connectivity index (χ4v) is 2.46. The first-order chi connectivity index (χ1) is 7.61. The van der Waals surface area contributed by atoms with E-state index >= 15 is 0 Å². The van der Waals surface area contributed by atoms with E-state index in [1.807, 2.05) is 20.8 Å². The second-order valence-electron chi connectivity index (χ2n) is 4.77. The fraction of sp³-hybridized carbons (Fsp3) is 0.500. The first kappa shape index (κ1) is 17.6. The van der Waals surface area contributed by atoms with Crippen molar-refractivity contribution in [2.24, 2.45) is 5.73 Å². The molecule has 0 fully saturated rings. The minimum Gasteiger partial charge on any atom is -0.316 e. The number of benzene rings is 1. The molecule has 0 bridgehead atoms. The Hall–Kier alpha value is -0.390. The van der Waals surface area contributed by atoms with Crippen LogP contribution in [0.15, 0.2) is 29.2 Å². The second kappa shape index (κ2) is 6.17. The van der Waals surface area contributed by atoms with Gasteiger partial charge in [0.05, 0.1) is 0 Å². The lowest BCUT2D eigenvalue weighted by atomic mass is 10.1. The van der Waals surface area contributed by atoms with Crippen LogP contribution in [-0.4, -0.2) is 10.9 Å². The number of hydrogen-bond acceptors (Lipinski definition) is 2. The third kappa shape index (κ3) is 5.08. The Kier molecular flexibility index (Phi) is 6.04. The average Bonchev–Trinajstić information content (AvgIpc) is 2.13. The predicted molar refractivity (Wildman–Crippen MR) is 72.3 cm³/mol. The molecule has 0 amide bonds. The van der Waals surface area contributed by atoms with E-state index in [9.17, 15) is 13.2 Å². The van der Waals surface area contributed by atoms with E-state index in [2.05, 4.69) is 0 Å². The molecule has 0 spiro atoms. The van der Waals surface area contributed by atoms with Gasteiger partial charge in [-0.2, -0.15) is 13.2 Å². The molecule has 1 aromatic carbocycles. The maximum Gasteiger partial charge on any atom is 0.407 e. The Morgan fingerprint density at radius 3 is 2.06 bits per heavy atom. The van der Waals surface area contributed by atoms with Crippen molar-refractivity contribution in [1.29, 1.82) is 0 Å². The Labute approximate surface area is 116 Å². The predicted octanol–water partition coefficient (Wildman–Crippen LogP) is 4.56. The largest absolute Gasteiger partial charge is 0.407 e. The molecule has 0 saturated heterocycles. The molecule has 0 aliphatic rings. The Morgan fingerprint density at radius 2 is 1.61 bits per heavy atom. The van der Waals surface area contributed by atoms with E-state index in [0.717, 1.165) is 0 Å². The monoisotopic (exact) mass is 299 g/mol. The third-order valence-corrected chi connectivity index (χ3v) is 3.23. The summed E-state index contributed by atoms with van der Waals surface area (Å²) in [5.74, 6) is 0. The SMILES string of the molecule is CC(C)(C)Sc1ccccc1[C@@H](N)C(F)(F)F.Cl. The van der Waals surface area contributed by atoms with Crippen LogP contribution in [-0.2, 0) is 0 Å². The first-order valence-corrected chi connectivity index (χ1v) is 6.03. The van der Waals surface area contributed by atoms with Crippen LogP contribution in [0, 0.1) is 0 Å². The molecule has 104 valence electrons. The smallest absolute Gasteiger partial charge is 0.316 e. The van der Waals surface area contributed by atoms with Gasteiger partial charge in [0.25, 0.3) is 0 Å². The van der Waals surface area contributed by atoms with Crippen molar-refractivity contribution in [3.05, 3.63) is 29.8 Å². The van der Waals surface area contributed by atoms with Crippen LogP contribution in [0.2, 0.25) is 0 Å². The van der Waals surface area contributed by atoms with Crippen LogP contribution in [0.3, 0.4) is 0 Å². The van der Waals surface area contributed by atoms with Gasteiger partial charge in [0.15, 0.2) is 0 Å². The Balaban J connectivity index is 0.00000289. The van der Waals surface area contributed by atoms with Crippen molar-refractivity contribution in [3.8, 4) is 0 Å². The molecule has 0 radical (unpaired) electrons. The molecular formula is C12H17ClF3NS.